The summed E-state index contributed by atoms with van der Waals surface area (Å²) in [5, 5.41) is 41.8. The number of carbonyl (C=O) groups excluding carboxylic acids is 2. The molecule has 0 spiro atoms. The molecule has 0 heterocycles. The van der Waals surface area contributed by atoms with Gasteiger partial charge in [-0.05, 0) is 12.5 Å². The second kappa shape index (κ2) is 10.7. The molecule has 12 heteroatoms. The van der Waals surface area contributed by atoms with Crippen molar-refractivity contribution in [1.82, 2.24) is 0 Å². The fourth-order valence-corrected chi connectivity index (χ4v) is 2.70. The molecule has 2 rings (SSSR count). The first-order valence-corrected chi connectivity index (χ1v) is 9.53. The molecule has 0 saturated heterocycles. The summed E-state index contributed by atoms with van der Waals surface area (Å²) in [7, 11) is 0. The maximum absolute atomic E-state index is 12.5. The lowest BCUT2D eigenvalue weighted by atomic mass is 10.1. The number of phenolic OH excluding ortho intramolecular Hbond substituents is 2. The van der Waals surface area contributed by atoms with E-state index in [1.54, 1.807) is 0 Å². The molecule has 2 aromatic carbocycles. The van der Waals surface area contributed by atoms with E-state index in [0.717, 1.165) is 43.5 Å². The maximum atomic E-state index is 12.5. The number of rotatable bonds is 10. The van der Waals surface area contributed by atoms with Crippen LogP contribution < -0.4 is 4.74 Å². The first-order valence-electron chi connectivity index (χ1n) is 9.53. The average molecular weight is 448 g/mol. The van der Waals surface area contributed by atoms with Crippen LogP contribution in [0.2, 0.25) is 0 Å². The predicted octanol–water partition coefficient (Wildman–Crippen LogP) is 3.87. The molecule has 2 aromatic rings. The number of esters is 2. The lowest BCUT2D eigenvalue weighted by Gasteiger charge is -2.12. The van der Waals surface area contributed by atoms with Crippen molar-refractivity contribution in [3.63, 3.8) is 0 Å². The molecule has 0 fully saturated rings. The number of nitrogens with zero attached hydrogens (tertiary/aromatic N) is 2. The van der Waals surface area contributed by atoms with Crippen molar-refractivity contribution in [3.05, 3.63) is 61.7 Å². The van der Waals surface area contributed by atoms with Crippen LogP contribution in [0.3, 0.4) is 0 Å². The van der Waals surface area contributed by atoms with Gasteiger partial charge in [0.1, 0.15) is 11.3 Å². The summed E-state index contributed by atoms with van der Waals surface area (Å²) in [5.74, 6) is -4.25. The Morgan fingerprint density at radius 2 is 1.53 bits per heavy atom. The number of nitro benzene ring substituents is 2. The van der Waals surface area contributed by atoms with Gasteiger partial charge in [0.05, 0.1) is 28.1 Å². The summed E-state index contributed by atoms with van der Waals surface area (Å²) >= 11 is 0. The standard InChI is InChI=1S/C20H20N2O10/c1-2-3-4-5-6-31-20(26)16-10-15(23)11-17(24)18(16)32-19(25)12-7-13(21(27)28)9-14(8-12)22(29)30/h7-11,23-24H,2-6H2,1H3. The zero-order valence-corrected chi connectivity index (χ0v) is 17.0. The molecule has 0 aromatic heterocycles. The van der Waals surface area contributed by atoms with E-state index in [-0.39, 0.29) is 6.61 Å². The van der Waals surface area contributed by atoms with Gasteiger partial charge in [-0.2, -0.15) is 0 Å². The third-order valence-electron chi connectivity index (χ3n) is 4.26. The highest BCUT2D eigenvalue weighted by molar-refractivity contribution is 5.98. The van der Waals surface area contributed by atoms with E-state index >= 15 is 0 Å². The van der Waals surface area contributed by atoms with Gasteiger partial charge < -0.3 is 19.7 Å². The fourth-order valence-electron chi connectivity index (χ4n) is 2.70. The molecule has 0 aliphatic carbocycles. The highest BCUT2D eigenvalue weighted by Crippen LogP contribution is 2.36. The molecule has 0 unspecified atom stereocenters. The van der Waals surface area contributed by atoms with Crippen LogP contribution in [-0.2, 0) is 4.74 Å². The SMILES string of the molecule is CCCCCCOC(=O)c1cc(O)cc(O)c1OC(=O)c1cc([N+](=O)[O-])cc([N+](=O)[O-])c1. The number of carbonyl (C=O) groups is 2. The fraction of sp³-hybridized carbons (Fsp3) is 0.300. The summed E-state index contributed by atoms with van der Waals surface area (Å²) in [5.41, 5.74) is -2.48. The van der Waals surface area contributed by atoms with E-state index in [0.29, 0.717) is 12.5 Å². The van der Waals surface area contributed by atoms with Gasteiger partial charge in [-0.1, -0.05) is 26.2 Å². The van der Waals surface area contributed by atoms with Gasteiger partial charge in [0.2, 0.25) is 0 Å². The second-order valence-corrected chi connectivity index (χ2v) is 6.68. The molecular weight excluding hydrogens is 428 g/mol. The lowest BCUT2D eigenvalue weighted by Crippen LogP contribution is -2.14. The molecule has 0 saturated carbocycles. The minimum Gasteiger partial charge on any atom is -0.508 e. The van der Waals surface area contributed by atoms with Crippen LogP contribution in [-0.4, -0.2) is 38.6 Å². The van der Waals surface area contributed by atoms with E-state index in [1.165, 1.54) is 0 Å². The van der Waals surface area contributed by atoms with Crippen molar-refractivity contribution >= 4 is 23.3 Å². The molecule has 0 amide bonds. The Hall–Kier alpha value is -4.22. The largest absolute Gasteiger partial charge is 0.508 e. The van der Waals surface area contributed by atoms with Crippen LogP contribution >= 0.6 is 0 Å². The molecule has 2 N–H and O–H groups in total. The first-order chi connectivity index (χ1) is 15.1. The van der Waals surface area contributed by atoms with Gasteiger partial charge in [0, 0.05) is 18.2 Å². The monoisotopic (exact) mass is 448 g/mol. The van der Waals surface area contributed by atoms with Crippen molar-refractivity contribution in [3.8, 4) is 17.2 Å². The highest BCUT2D eigenvalue weighted by Gasteiger charge is 2.25. The third kappa shape index (κ3) is 6.14. The summed E-state index contributed by atoms with van der Waals surface area (Å²) in [6.07, 6.45) is 3.33. The summed E-state index contributed by atoms with van der Waals surface area (Å²) in [6, 6.07) is 3.87. The molecule has 0 aliphatic rings. The number of nitro groups is 2. The van der Waals surface area contributed by atoms with Gasteiger partial charge >= 0.3 is 11.9 Å². The van der Waals surface area contributed by atoms with Gasteiger partial charge in [-0.3, -0.25) is 20.2 Å². The first kappa shape index (κ1) is 24.1. The predicted molar refractivity (Wildman–Crippen MR) is 109 cm³/mol. The van der Waals surface area contributed by atoms with Gasteiger partial charge in [0.15, 0.2) is 11.5 Å². The van der Waals surface area contributed by atoms with Gasteiger partial charge in [0.25, 0.3) is 11.4 Å². The second-order valence-electron chi connectivity index (χ2n) is 6.68. The number of phenols is 2. The van der Waals surface area contributed by atoms with Gasteiger partial charge in [-0.25, -0.2) is 9.59 Å². The summed E-state index contributed by atoms with van der Waals surface area (Å²) in [6.45, 7) is 2.07. The molecule has 0 bridgehead atoms. The molecule has 12 nitrogen and oxygen atoms in total. The van der Waals surface area contributed by atoms with Crippen LogP contribution in [0.5, 0.6) is 17.2 Å². The topological polar surface area (TPSA) is 179 Å². The third-order valence-corrected chi connectivity index (χ3v) is 4.26. The summed E-state index contributed by atoms with van der Waals surface area (Å²) < 4.78 is 10.1. The number of benzene rings is 2. The quantitative estimate of drug-likeness (QED) is 0.178. The number of unbranched alkanes of at least 4 members (excludes halogenated alkanes) is 3. The number of hydrogen-bond acceptors (Lipinski definition) is 10. The Bertz CT molecular complexity index is 1020. The van der Waals surface area contributed by atoms with E-state index < -0.39 is 61.5 Å². The van der Waals surface area contributed by atoms with Crippen LogP contribution in [0.25, 0.3) is 0 Å². The van der Waals surface area contributed by atoms with Crippen LogP contribution in [0, 0.1) is 20.2 Å². The van der Waals surface area contributed by atoms with E-state index in [1.807, 2.05) is 6.92 Å². The highest BCUT2D eigenvalue weighted by atomic mass is 16.6. The van der Waals surface area contributed by atoms with Crippen molar-refractivity contribution in [2.24, 2.45) is 0 Å². The Morgan fingerprint density at radius 1 is 0.906 bits per heavy atom. The maximum Gasteiger partial charge on any atom is 0.344 e. The van der Waals surface area contributed by atoms with Crippen LogP contribution in [0.4, 0.5) is 11.4 Å². The number of ether oxygens (including phenoxy) is 2. The minimum absolute atomic E-state index is 0.0553. The average Bonchev–Trinajstić information content (AvgIpc) is 2.74. The number of hydrogen-bond donors (Lipinski definition) is 2. The number of aromatic hydroxyl groups is 2. The van der Waals surface area contributed by atoms with E-state index in [2.05, 4.69) is 0 Å². The van der Waals surface area contributed by atoms with E-state index in [9.17, 15) is 40.0 Å². The molecule has 32 heavy (non-hydrogen) atoms. The van der Waals surface area contributed by atoms with Crippen molar-refractivity contribution in [2.75, 3.05) is 6.61 Å². The number of non-ortho nitro benzene ring substituents is 2. The zero-order chi connectivity index (χ0) is 23.8. The zero-order valence-electron chi connectivity index (χ0n) is 17.0. The molecular formula is C20H20N2O10. The molecule has 0 aliphatic heterocycles. The molecule has 0 radical (unpaired) electrons. The lowest BCUT2D eigenvalue weighted by molar-refractivity contribution is -0.394. The summed E-state index contributed by atoms with van der Waals surface area (Å²) in [4.78, 5) is 45.1. The normalized spacial score (nSPS) is 10.4. The van der Waals surface area contributed by atoms with E-state index in [4.69, 9.17) is 9.47 Å². The Labute approximate surface area is 181 Å². The molecule has 0 atom stereocenters. The Balaban J connectivity index is 2.32. The Morgan fingerprint density at radius 3 is 2.09 bits per heavy atom. The van der Waals surface area contributed by atoms with Gasteiger partial charge in [-0.15, -0.1) is 0 Å². The minimum atomic E-state index is -1.31. The van der Waals surface area contributed by atoms with Crippen molar-refractivity contribution in [1.29, 1.82) is 0 Å². The smallest absolute Gasteiger partial charge is 0.344 e. The van der Waals surface area contributed by atoms with Crippen molar-refractivity contribution < 1.29 is 39.1 Å². The van der Waals surface area contributed by atoms with Crippen LogP contribution in [0.1, 0.15) is 53.3 Å². The molecule has 170 valence electrons. The van der Waals surface area contributed by atoms with Crippen LogP contribution in [0.15, 0.2) is 30.3 Å². The van der Waals surface area contributed by atoms with Crippen molar-refractivity contribution in [2.45, 2.75) is 32.6 Å². The Kier molecular flexibility index (Phi) is 8.04.